The summed E-state index contributed by atoms with van der Waals surface area (Å²) in [5.41, 5.74) is 3.23. The third kappa shape index (κ3) is 3.24. The van der Waals surface area contributed by atoms with E-state index in [1.807, 2.05) is 18.2 Å². The molecular weight excluding hydrogens is 318 g/mol. The minimum absolute atomic E-state index is 0.585. The molecule has 124 valence electrons. The van der Waals surface area contributed by atoms with Crippen molar-refractivity contribution in [2.45, 2.75) is 51.5 Å². The van der Waals surface area contributed by atoms with Crippen molar-refractivity contribution in [2.75, 3.05) is 0 Å². The van der Waals surface area contributed by atoms with Gasteiger partial charge in [-0.25, -0.2) is 4.98 Å². The van der Waals surface area contributed by atoms with Gasteiger partial charge in [-0.15, -0.1) is 21.5 Å². The maximum Gasteiger partial charge on any atom is 0.205 e. The summed E-state index contributed by atoms with van der Waals surface area (Å²) in [6.45, 7) is 2.65. The first-order valence-corrected chi connectivity index (χ1v) is 9.45. The average Bonchev–Trinajstić information content (AvgIpc) is 3.26. The molecule has 4 rings (SSSR count). The van der Waals surface area contributed by atoms with Crippen LogP contribution in [0.5, 0.6) is 0 Å². The normalized spacial score (nSPS) is 15.7. The molecule has 6 heteroatoms. The van der Waals surface area contributed by atoms with Gasteiger partial charge in [0.2, 0.25) is 5.82 Å². The van der Waals surface area contributed by atoms with Gasteiger partial charge >= 0.3 is 0 Å². The SMILES string of the molecule is Cc1ccccc1-c1nnn(Cc2csc(C3CCCCC3)n2)n1. The van der Waals surface area contributed by atoms with Gasteiger partial charge in [-0.05, 0) is 30.5 Å². The first-order valence-electron chi connectivity index (χ1n) is 8.58. The van der Waals surface area contributed by atoms with Crippen molar-refractivity contribution in [3.8, 4) is 11.4 Å². The fourth-order valence-corrected chi connectivity index (χ4v) is 4.30. The number of hydrogen-bond acceptors (Lipinski definition) is 5. The van der Waals surface area contributed by atoms with Crippen LogP contribution in [0.4, 0.5) is 0 Å². The van der Waals surface area contributed by atoms with Crippen LogP contribution in [-0.4, -0.2) is 25.2 Å². The van der Waals surface area contributed by atoms with E-state index >= 15 is 0 Å². The van der Waals surface area contributed by atoms with Crippen LogP contribution in [0.15, 0.2) is 29.6 Å². The van der Waals surface area contributed by atoms with E-state index in [9.17, 15) is 0 Å². The Morgan fingerprint density at radius 1 is 1.17 bits per heavy atom. The third-order valence-corrected chi connectivity index (χ3v) is 5.72. The first kappa shape index (κ1) is 15.4. The van der Waals surface area contributed by atoms with Crippen molar-refractivity contribution < 1.29 is 0 Å². The lowest BCUT2D eigenvalue weighted by atomic mass is 9.90. The first-order chi connectivity index (χ1) is 11.8. The lowest BCUT2D eigenvalue weighted by Gasteiger charge is -2.18. The molecule has 0 saturated heterocycles. The summed E-state index contributed by atoms with van der Waals surface area (Å²) in [5, 5.41) is 16.3. The molecule has 1 fully saturated rings. The number of benzene rings is 1. The van der Waals surface area contributed by atoms with Crippen LogP contribution < -0.4 is 0 Å². The summed E-state index contributed by atoms with van der Waals surface area (Å²) < 4.78 is 0. The molecule has 0 amide bonds. The number of nitrogens with zero attached hydrogens (tertiary/aromatic N) is 5. The molecule has 1 aromatic carbocycles. The topological polar surface area (TPSA) is 56.5 Å². The van der Waals surface area contributed by atoms with Gasteiger partial charge in [0, 0.05) is 16.9 Å². The van der Waals surface area contributed by atoms with Crippen molar-refractivity contribution >= 4 is 11.3 Å². The van der Waals surface area contributed by atoms with Crippen molar-refractivity contribution in [1.82, 2.24) is 25.2 Å². The fraction of sp³-hybridized carbons (Fsp3) is 0.444. The van der Waals surface area contributed by atoms with Gasteiger partial charge < -0.3 is 0 Å². The number of aryl methyl sites for hydroxylation is 1. The Hall–Kier alpha value is -2.08. The zero-order chi connectivity index (χ0) is 16.4. The Morgan fingerprint density at radius 3 is 2.83 bits per heavy atom. The number of aromatic nitrogens is 5. The fourth-order valence-electron chi connectivity index (χ4n) is 3.32. The highest BCUT2D eigenvalue weighted by atomic mass is 32.1. The second-order valence-corrected chi connectivity index (χ2v) is 7.36. The molecule has 0 bridgehead atoms. The molecule has 0 atom stereocenters. The molecule has 2 aromatic heterocycles. The van der Waals surface area contributed by atoms with Crippen LogP contribution >= 0.6 is 11.3 Å². The van der Waals surface area contributed by atoms with Gasteiger partial charge in [0.25, 0.3) is 0 Å². The number of thiazole rings is 1. The van der Waals surface area contributed by atoms with E-state index < -0.39 is 0 Å². The van der Waals surface area contributed by atoms with Gasteiger partial charge in [0.05, 0.1) is 10.7 Å². The van der Waals surface area contributed by atoms with Gasteiger partial charge in [0.15, 0.2) is 0 Å². The van der Waals surface area contributed by atoms with Crippen molar-refractivity contribution in [3.05, 3.63) is 45.9 Å². The summed E-state index contributed by atoms with van der Waals surface area (Å²) in [7, 11) is 0. The molecule has 5 nitrogen and oxygen atoms in total. The highest BCUT2D eigenvalue weighted by molar-refractivity contribution is 7.09. The highest BCUT2D eigenvalue weighted by Crippen LogP contribution is 2.34. The van der Waals surface area contributed by atoms with E-state index in [1.165, 1.54) is 37.1 Å². The number of rotatable bonds is 4. The molecule has 0 radical (unpaired) electrons. The Balaban J connectivity index is 1.48. The maximum atomic E-state index is 4.82. The maximum absolute atomic E-state index is 4.82. The van der Waals surface area contributed by atoms with Crippen molar-refractivity contribution in [1.29, 1.82) is 0 Å². The zero-order valence-corrected chi connectivity index (χ0v) is 14.7. The summed E-state index contributed by atoms with van der Waals surface area (Å²) >= 11 is 1.78. The smallest absolute Gasteiger partial charge is 0.205 e. The minimum Gasteiger partial charge on any atom is -0.244 e. The Labute approximate surface area is 145 Å². The molecular formula is C18H21N5S. The lowest BCUT2D eigenvalue weighted by Crippen LogP contribution is -2.07. The van der Waals surface area contributed by atoms with E-state index in [0.29, 0.717) is 18.3 Å². The Kier molecular flexibility index (Phi) is 4.38. The van der Waals surface area contributed by atoms with Crippen LogP contribution in [0.3, 0.4) is 0 Å². The second-order valence-electron chi connectivity index (χ2n) is 6.47. The zero-order valence-electron chi connectivity index (χ0n) is 13.9. The van der Waals surface area contributed by atoms with Crippen LogP contribution in [0.25, 0.3) is 11.4 Å². The minimum atomic E-state index is 0.585. The van der Waals surface area contributed by atoms with Gasteiger partial charge in [0.1, 0.15) is 6.54 Å². The van der Waals surface area contributed by atoms with Gasteiger partial charge in [-0.2, -0.15) is 4.80 Å². The summed E-state index contributed by atoms with van der Waals surface area (Å²) in [6.07, 6.45) is 6.62. The van der Waals surface area contributed by atoms with E-state index in [-0.39, 0.29) is 0 Å². The average molecular weight is 339 g/mol. The van der Waals surface area contributed by atoms with Gasteiger partial charge in [-0.3, -0.25) is 0 Å². The van der Waals surface area contributed by atoms with Crippen molar-refractivity contribution in [3.63, 3.8) is 0 Å². The summed E-state index contributed by atoms with van der Waals surface area (Å²) in [4.78, 5) is 6.46. The third-order valence-electron chi connectivity index (χ3n) is 4.67. The molecule has 0 unspecified atom stereocenters. The number of tetrazole rings is 1. The van der Waals surface area contributed by atoms with E-state index in [0.717, 1.165) is 16.8 Å². The van der Waals surface area contributed by atoms with Crippen LogP contribution in [0.2, 0.25) is 0 Å². The van der Waals surface area contributed by atoms with E-state index in [2.05, 4.69) is 33.8 Å². The second kappa shape index (κ2) is 6.81. The van der Waals surface area contributed by atoms with Crippen LogP contribution in [0, 0.1) is 6.92 Å². The molecule has 0 spiro atoms. The number of hydrogen-bond donors (Lipinski definition) is 0. The van der Waals surface area contributed by atoms with E-state index in [4.69, 9.17) is 4.98 Å². The van der Waals surface area contributed by atoms with Crippen LogP contribution in [0.1, 0.15) is 54.3 Å². The molecule has 24 heavy (non-hydrogen) atoms. The summed E-state index contributed by atoms with van der Waals surface area (Å²) in [6, 6.07) is 8.11. The van der Waals surface area contributed by atoms with Gasteiger partial charge in [-0.1, -0.05) is 43.5 Å². The molecule has 1 saturated carbocycles. The van der Waals surface area contributed by atoms with Crippen molar-refractivity contribution in [2.24, 2.45) is 0 Å². The predicted octanol–water partition coefficient (Wildman–Crippen LogP) is 4.20. The predicted molar refractivity (Wildman–Crippen MR) is 95.0 cm³/mol. The lowest BCUT2D eigenvalue weighted by molar-refractivity contribution is 0.441. The molecule has 1 aliphatic rings. The van der Waals surface area contributed by atoms with Crippen LogP contribution in [-0.2, 0) is 6.54 Å². The molecule has 0 aliphatic heterocycles. The quantitative estimate of drug-likeness (QED) is 0.715. The molecule has 3 aromatic rings. The standard InChI is InChI=1S/C18H21N5S/c1-13-7-5-6-10-16(13)17-20-22-23(21-17)11-15-12-24-18(19-15)14-8-3-2-4-9-14/h5-7,10,12,14H,2-4,8-9,11H2,1H3. The molecule has 0 N–H and O–H groups in total. The van der Waals surface area contributed by atoms with E-state index in [1.54, 1.807) is 16.1 Å². The Morgan fingerprint density at radius 2 is 2.00 bits per heavy atom. The molecule has 2 heterocycles. The molecule has 1 aliphatic carbocycles. The monoisotopic (exact) mass is 339 g/mol. The largest absolute Gasteiger partial charge is 0.244 e. The Bertz CT molecular complexity index is 816. The summed E-state index contributed by atoms with van der Waals surface area (Å²) in [5.74, 6) is 1.33. The highest BCUT2D eigenvalue weighted by Gasteiger charge is 2.19.